The van der Waals surface area contributed by atoms with Gasteiger partial charge in [-0.25, -0.2) is 0 Å². The van der Waals surface area contributed by atoms with Crippen LogP contribution in [0.15, 0.2) is 29.4 Å². The van der Waals surface area contributed by atoms with Crippen LogP contribution in [0.25, 0.3) is 0 Å². The minimum Gasteiger partial charge on any atom is -0.325 e. The minimum absolute atomic E-state index is 0.0281. The topological polar surface area (TPSA) is 77.0 Å². The number of fused-ring (bicyclic) bond motifs is 3. The monoisotopic (exact) mass is 403 g/mol. The van der Waals surface area contributed by atoms with E-state index in [2.05, 4.69) is 27.7 Å². The Hall–Kier alpha value is -2.28. The number of hydrogen-bond acceptors (Lipinski definition) is 5. The fraction of sp³-hybridized carbons (Fsp3) is 0.550. The van der Waals surface area contributed by atoms with Crippen molar-refractivity contribution in [3.63, 3.8) is 0 Å². The number of benzene rings is 1. The molecule has 7 nitrogen and oxygen atoms in total. The van der Waals surface area contributed by atoms with E-state index in [1.807, 2.05) is 12.1 Å². The van der Waals surface area contributed by atoms with Gasteiger partial charge in [-0.15, -0.1) is 0 Å². The second-order valence-electron chi connectivity index (χ2n) is 7.63. The summed E-state index contributed by atoms with van der Waals surface area (Å²) < 4.78 is 0. The molecule has 1 aromatic carbocycles. The lowest BCUT2D eigenvalue weighted by Crippen LogP contribution is -2.69. The number of para-hydroxylation sites is 1. The lowest BCUT2D eigenvalue weighted by molar-refractivity contribution is -0.151. The van der Waals surface area contributed by atoms with Gasteiger partial charge in [-0.3, -0.25) is 15.0 Å². The normalized spacial score (nSPS) is 26.3. The van der Waals surface area contributed by atoms with Crippen molar-refractivity contribution in [2.24, 2.45) is 5.10 Å². The molecule has 3 atom stereocenters. The third kappa shape index (κ3) is 3.43. The number of carbonyl (C=O) groups excluding carboxylic acids is 2. The van der Waals surface area contributed by atoms with Crippen molar-refractivity contribution in [1.82, 2.24) is 15.2 Å². The first-order valence-corrected chi connectivity index (χ1v) is 10.4. The van der Waals surface area contributed by atoms with Gasteiger partial charge in [0.05, 0.1) is 22.8 Å². The Morgan fingerprint density at radius 2 is 2.04 bits per heavy atom. The quantitative estimate of drug-likeness (QED) is 0.792. The summed E-state index contributed by atoms with van der Waals surface area (Å²) in [5, 5.41) is 7.75. The molecule has 1 saturated carbocycles. The van der Waals surface area contributed by atoms with Crippen LogP contribution in [-0.4, -0.2) is 52.2 Å². The van der Waals surface area contributed by atoms with Crippen LogP contribution < -0.4 is 10.7 Å². The number of halogens is 1. The number of anilines is 1. The molecule has 3 unspecified atom stereocenters. The number of piperazine rings is 1. The number of hydrazone groups is 1. The Bertz CT molecular complexity index is 799. The van der Waals surface area contributed by atoms with Gasteiger partial charge in [0.1, 0.15) is 12.4 Å². The van der Waals surface area contributed by atoms with Crippen molar-refractivity contribution in [3.8, 4) is 0 Å². The van der Waals surface area contributed by atoms with E-state index in [0.717, 1.165) is 44.4 Å². The number of amidine groups is 1. The summed E-state index contributed by atoms with van der Waals surface area (Å²) in [6.45, 7) is 2.14. The molecule has 0 radical (unpaired) electrons. The Balaban J connectivity index is 1.52. The number of rotatable bonds is 5. The Morgan fingerprint density at radius 3 is 2.79 bits per heavy atom. The van der Waals surface area contributed by atoms with Crippen molar-refractivity contribution >= 4 is 34.9 Å². The predicted octanol–water partition coefficient (Wildman–Crippen LogP) is 2.78. The van der Waals surface area contributed by atoms with Crippen molar-refractivity contribution in [3.05, 3.63) is 29.3 Å². The first kappa shape index (κ1) is 19.1. The number of nitrogens with one attached hydrogen (secondary N) is 2. The Morgan fingerprint density at radius 1 is 1.29 bits per heavy atom. The van der Waals surface area contributed by atoms with Gasteiger partial charge in [-0.05, 0) is 31.4 Å². The summed E-state index contributed by atoms with van der Waals surface area (Å²) in [6.07, 6.45) is 5.49. The maximum absolute atomic E-state index is 13.2. The molecule has 0 spiro atoms. The van der Waals surface area contributed by atoms with E-state index in [-0.39, 0.29) is 30.4 Å². The van der Waals surface area contributed by atoms with Crippen LogP contribution in [0, 0.1) is 0 Å². The zero-order valence-electron chi connectivity index (χ0n) is 16.0. The highest BCUT2D eigenvalue weighted by atomic mass is 35.5. The molecule has 4 rings (SSSR count). The zero-order valence-corrected chi connectivity index (χ0v) is 16.8. The summed E-state index contributed by atoms with van der Waals surface area (Å²) in [5.74, 6) is 0.664. The summed E-state index contributed by atoms with van der Waals surface area (Å²) in [5.41, 5.74) is 3.57. The highest BCUT2D eigenvalue weighted by Crippen LogP contribution is 2.35. The van der Waals surface area contributed by atoms with Crippen molar-refractivity contribution < 1.29 is 9.59 Å². The van der Waals surface area contributed by atoms with Crippen LogP contribution in [-0.2, 0) is 9.59 Å². The molecule has 1 aromatic rings. The second kappa shape index (κ2) is 7.99. The van der Waals surface area contributed by atoms with Gasteiger partial charge in [0.25, 0.3) is 5.91 Å². The van der Waals surface area contributed by atoms with Gasteiger partial charge in [0.2, 0.25) is 5.91 Å². The average Bonchev–Trinajstić information content (AvgIpc) is 3.11. The van der Waals surface area contributed by atoms with E-state index in [9.17, 15) is 9.59 Å². The van der Waals surface area contributed by atoms with Gasteiger partial charge in [-0.2, -0.15) is 5.10 Å². The summed E-state index contributed by atoms with van der Waals surface area (Å²) in [7, 11) is 0. The number of nitrogens with zero attached hydrogens (tertiary/aromatic N) is 3. The number of carbonyl (C=O) groups is 2. The summed E-state index contributed by atoms with van der Waals surface area (Å²) in [6, 6.07) is 7.37. The van der Waals surface area contributed by atoms with E-state index < -0.39 is 6.17 Å². The summed E-state index contributed by atoms with van der Waals surface area (Å²) >= 11 is 6.14. The molecule has 28 heavy (non-hydrogen) atoms. The van der Waals surface area contributed by atoms with Crippen LogP contribution in [0.5, 0.6) is 0 Å². The molecule has 3 aliphatic rings. The highest BCUT2D eigenvalue weighted by Gasteiger charge is 2.50. The van der Waals surface area contributed by atoms with Gasteiger partial charge in [0.15, 0.2) is 6.17 Å². The molecule has 2 heterocycles. The maximum atomic E-state index is 13.2. The predicted molar refractivity (Wildman–Crippen MR) is 109 cm³/mol. The van der Waals surface area contributed by atoms with E-state index in [1.165, 1.54) is 0 Å². The van der Waals surface area contributed by atoms with Crippen LogP contribution >= 0.6 is 11.6 Å². The summed E-state index contributed by atoms with van der Waals surface area (Å²) in [4.78, 5) is 29.8. The van der Waals surface area contributed by atoms with Gasteiger partial charge in [-0.1, -0.05) is 43.5 Å². The Kier molecular flexibility index (Phi) is 5.44. The van der Waals surface area contributed by atoms with Gasteiger partial charge >= 0.3 is 0 Å². The molecular formula is C20H26ClN5O2. The van der Waals surface area contributed by atoms with E-state index in [1.54, 1.807) is 17.0 Å². The zero-order chi connectivity index (χ0) is 19.7. The van der Waals surface area contributed by atoms with E-state index >= 15 is 0 Å². The van der Waals surface area contributed by atoms with E-state index in [0.29, 0.717) is 10.7 Å². The maximum Gasteiger partial charge on any atom is 0.268 e. The van der Waals surface area contributed by atoms with Crippen molar-refractivity contribution in [1.29, 1.82) is 0 Å². The molecule has 150 valence electrons. The van der Waals surface area contributed by atoms with Crippen molar-refractivity contribution in [2.75, 3.05) is 11.9 Å². The molecule has 0 aromatic heterocycles. The van der Waals surface area contributed by atoms with Crippen LogP contribution in [0.3, 0.4) is 0 Å². The molecule has 0 bridgehead atoms. The molecular weight excluding hydrogens is 378 g/mol. The van der Waals surface area contributed by atoms with Crippen LogP contribution in [0.4, 0.5) is 5.69 Å². The molecule has 2 fully saturated rings. The average molecular weight is 404 g/mol. The standard InChI is InChI=1S/C20H26ClN5O2/c1-2-7-17-23-24-19-20(28)25(15-10-5-6-11-16(15)26(17)19)12-18(27)22-14-9-4-3-8-13(14)21/h3-4,8-9,15-16,19,24H,2,5-7,10-12H2,1H3,(H,22,27). The van der Waals surface area contributed by atoms with Gasteiger partial charge < -0.3 is 15.1 Å². The van der Waals surface area contributed by atoms with E-state index in [4.69, 9.17) is 11.6 Å². The second-order valence-corrected chi connectivity index (χ2v) is 8.04. The largest absolute Gasteiger partial charge is 0.325 e. The lowest BCUT2D eigenvalue weighted by Gasteiger charge is -2.51. The smallest absolute Gasteiger partial charge is 0.268 e. The molecule has 8 heteroatoms. The third-order valence-electron chi connectivity index (χ3n) is 5.80. The fourth-order valence-corrected chi connectivity index (χ4v) is 4.76. The van der Waals surface area contributed by atoms with Gasteiger partial charge in [0, 0.05) is 6.42 Å². The Labute approximate surface area is 170 Å². The first-order chi connectivity index (χ1) is 13.6. The molecule has 2 amide bonds. The SMILES string of the molecule is CCCC1=NNC2C(=O)N(CC(=O)Nc3ccccc3Cl)C3CCCCC3N12. The molecule has 2 aliphatic heterocycles. The lowest BCUT2D eigenvalue weighted by atomic mass is 9.85. The molecule has 1 saturated heterocycles. The highest BCUT2D eigenvalue weighted by molar-refractivity contribution is 6.33. The van der Waals surface area contributed by atoms with Crippen molar-refractivity contribution in [2.45, 2.75) is 63.7 Å². The molecule has 1 aliphatic carbocycles. The van der Waals surface area contributed by atoms with Crippen LogP contribution in [0.1, 0.15) is 45.4 Å². The first-order valence-electron chi connectivity index (χ1n) is 10.1. The third-order valence-corrected chi connectivity index (χ3v) is 6.13. The fourth-order valence-electron chi connectivity index (χ4n) is 4.57. The van der Waals surface area contributed by atoms with Crippen LogP contribution in [0.2, 0.25) is 5.02 Å². The minimum atomic E-state index is -0.492. The molecule has 2 N–H and O–H groups in total. The number of amides is 2. The number of hydrogen-bond donors (Lipinski definition) is 2.